The molecule has 1 heterocycles. The first-order valence-electron chi connectivity index (χ1n) is 4.74. The van der Waals surface area contributed by atoms with Crippen LogP contribution in [0.4, 0.5) is 0 Å². The molecule has 0 unspecified atom stereocenters. The molecule has 0 N–H and O–H groups in total. The first-order chi connectivity index (χ1) is 6.62. The second-order valence-electron chi connectivity index (χ2n) is 3.41. The van der Waals surface area contributed by atoms with Crippen LogP contribution in [0.5, 0.6) is 0 Å². The minimum Gasteiger partial charge on any atom is -0.309 e. The van der Waals surface area contributed by atoms with E-state index in [4.69, 9.17) is 9.05 Å². The van der Waals surface area contributed by atoms with Crippen molar-refractivity contribution in [2.75, 3.05) is 33.9 Å². The van der Waals surface area contributed by atoms with Crippen molar-refractivity contribution in [2.45, 2.75) is 12.8 Å². The molecule has 0 atom stereocenters. The van der Waals surface area contributed by atoms with E-state index in [1.165, 1.54) is 27.1 Å². The van der Waals surface area contributed by atoms with Gasteiger partial charge in [-0.2, -0.15) is 0 Å². The Bertz CT molecular complexity index is 240. The van der Waals surface area contributed by atoms with Crippen LogP contribution in [0.25, 0.3) is 0 Å². The van der Waals surface area contributed by atoms with Crippen LogP contribution in [0.2, 0.25) is 0 Å². The summed E-state index contributed by atoms with van der Waals surface area (Å²) in [6.45, 7) is 6.48. The lowest BCUT2D eigenvalue weighted by Gasteiger charge is -2.20. The number of hydrogen-bond acceptors (Lipinski definition) is 4. The summed E-state index contributed by atoms with van der Waals surface area (Å²) in [5.41, 5.74) is 0. The van der Waals surface area contributed by atoms with Gasteiger partial charge in [-0.3, -0.25) is 9.46 Å². The zero-order valence-corrected chi connectivity index (χ0v) is 9.76. The van der Waals surface area contributed by atoms with Crippen molar-refractivity contribution in [3.8, 4) is 0 Å². The first-order valence-corrected chi connectivity index (χ1v) is 6.29. The molecule has 4 nitrogen and oxygen atoms in total. The Morgan fingerprint density at radius 2 is 1.86 bits per heavy atom. The quantitative estimate of drug-likeness (QED) is 0.663. The van der Waals surface area contributed by atoms with E-state index < -0.39 is 7.60 Å². The molecule has 1 fully saturated rings. The van der Waals surface area contributed by atoms with E-state index in [-0.39, 0.29) is 0 Å². The third-order valence-electron chi connectivity index (χ3n) is 2.47. The molecule has 0 radical (unpaired) electrons. The van der Waals surface area contributed by atoms with Crippen LogP contribution in [0.3, 0.4) is 0 Å². The zero-order chi connectivity index (χ0) is 10.6. The Balaban J connectivity index is 2.51. The highest BCUT2D eigenvalue weighted by molar-refractivity contribution is 7.58. The fraction of sp³-hybridized carbons (Fsp3) is 0.778. The normalized spacial score (nSPS) is 18.7. The second kappa shape index (κ2) is 5.08. The molecule has 14 heavy (non-hydrogen) atoms. The number of hydrogen-bond donors (Lipinski definition) is 0. The molecule has 0 aromatic heterocycles. The molecule has 0 aromatic carbocycles. The minimum atomic E-state index is -3.06. The Hall–Kier alpha value is -0.150. The molecule has 0 saturated carbocycles. The third kappa shape index (κ3) is 2.67. The summed E-state index contributed by atoms with van der Waals surface area (Å²) in [6, 6.07) is 0. The van der Waals surface area contributed by atoms with Gasteiger partial charge in [-0.25, -0.2) is 0 Å². The molecule has 1 rings (SSSR count). The van der Waals surface area contributed by atoms with Crippen LogP contribution >= 0.6 is 7.60 Å². The third-order valence-corrected chi connectivity index (χ3v) is 4.35. The van der Waals surface area contributed by atoms with Crippen molar-refractivity contribution in [1.82, 2.24) is 4.90 Å². The molecule has 1 aliphatic rings. The molecule has 5 heteroatoms. The SMILES string of the molecule is C=C(CN1CCCC1)P(=O)(OC)OC. The summed E-state index contributed by atoms with van der Waals surface area (Å²) in [5.74, 6) is 0. The van der Waals surface area contributed by atoms with Crippen LogP contribution in [-0.2, 0) is 13.6 Å². The van der Waals surface area contributed by atoms with Gasteiger partial charge in [0.15, 0.2) is 0 Å². The Kier molecular flexibility index (Phi) is 4.32. The highest BCUT2D eigenvalue weighted by atomic mass is 31.2. The van der Waals surface area contributed by atoms with Crippen molar-refractivity contribution in [3.63, 3.8) is 0 Å². The van der Waals surface area contributed by atoms with E-state index in [9.17, 15) is 4.57 Å². The maximum atomic E-state index is 11.9. The van der Waals surface area contributed by atoms with Crippen molar-refractivity contribution >= 4 is 7.60 Å². The molecule has 0 aromatic rings. The van der Waals surface area contributed by atoms with Crippen molar-refractivity contribution in [2.24, 2.45) is 0 Å². The topological polar surface area (TPSA) is 38.8 Å². The van der Waals surface area contributed by atoms with E-state index in [1.807, 2.05) is 0 Å². The summed E-state index contributed by atoms with van der Waals surface area (Å²) in [4.78, 5) is 2.22. The van der Waals surface area contributed by atoms with Gasteiger partial charge in [-0.15, -0.1) is 0 Å². The summed E-state index contributed by atoms with van der Waals surface area (Å²) < 4.78 is 21.6. The fourth-order valence-corrected chi connectivity index (χ4v) is 2.66. The van der Waals surface area contributed by atoms with Gasteiger partial charge in [0.25, 0.3) is 0 Å². The molecule has 0 amide bonds. The lowest BCUT2D eigenvalue weighted by atomic mass is 10.4. The van der Waals surface area contributed by atoms with Crippen LogP contribution in [0, 0.1) is 0 Å². The van der Waals surface area contributed by atoms with E-state index >= 15 is 0 Å². The van der Waals surface area contributed by atoms with Crippen LogP contribution in [-0.4, -0.2) is 38.8 Å². The zero-order valence-electron chi connectivity index (χ0n) is 8.86. The summed E-state index contributed by atoms with van der Waals surface area (Å²) in [7, 11) is -0.284. The molecular weight excluding hydrogens is 201 g/mol. The van der Waals surface area contributed by atoms with Gasteiger partial charge >= 0.3 is 7.60 Å². The van der Waals surface area contributed by atoms with Crippen LogP contribution in [0.1, 0.15) is 12.8 Å². The predicted molar refractivity (Wildman–Crippen MR) is 56.4 cm³/mol. The standard InChI is InChI=1S/C9H18NO3P/c1-9(14(11,12-2)13-3)8-10-6-4-5-7-10/h1,4-8H2,2-3H3. The first kappa shape index (κ1) is 11.9. The Morgan fingerprint density at radius 3 is 2.29 bits per heavy atom. The van der Waals surface area contributed by atoms with Crippen molar-refractivity contribution in [1.29, 1.82) is 0 Å². The van der Waals surface area contributed by atoms with Gasteiger partial charge in [-0.05, 0) is 25.9 Å². The van der Waals surface area contributed by atoms with Crippen LogP contribution in [0.15, 0.2) is 11.9 Å². The van der Waals surface area contributed by atoms with Crippen molar-refractivity contribution < 1.29 is 13.6 Å². The highest BCUT2D eigenvalue weighted by Gasteiger charge is 2.27. The number of likely N-dealkylation sites (tertiary alicyclic amines) is 1. The van der Waals surface area contributed by atoms with Gasteiger partial charge < -0.3 is 9.05 Å². The Labute approximate surface area is 85.4 Å². The Morgan fingerprint density at radius 1 is 1.36 bits per heavy atom. The van der Waals surface area contributed by atoms with Gasteiger partial charge in [-0.1, -0.05) is 6.58 Å². The minimum absolute atomic E-state index is 0.546. The molecule has 1 aliphatic heterocycles. The summed E-state index contributed by atoms with van der Waals surface area (Å²) >= 11 is 0. The molecular formula is C9H18NO3P. The molecule has 82 valence electrons. The predicted octanol–water partition coefficient (Wildman–Crippen LogP) is 2.08. The maximum absolute atomic E-state index is 11.9. The smallest absolute Gasteiger partial charge is 0.309 e. The second-order valence-corrected chi connectivity index (χ2v) is 5.77. The van der Waals surface area contributed by atoms with E-state index in [1.54, 1.807) is 0 Å². The average molecular weight is 219 g/mol. The molecule has 0 bridgehead atoms. The van der Waals surface area contributed by atoms with Crippen molar-refractivity contribution in [3.05, 3.63) is 11.9 Å². The highest BCUT2D eigenvalue weighted by Crippen LogP contribution is 2.53. The number of rotatable bonds is 5. The summed E-state index contributed by atoms with van der Waals surface area (Å²) in [5, 5.41) is 0.546. The molecule has 1 saturated heterocycles. The monoisotopic (exact) mass is 219 g/mol. The van der Waals surface area contributed by atoms with Gasteiger partial charge in [0.1, 0.15) is 0 Å². The average Bonchev–Trinajstić information content (AvgIpc) is 2.69. The van der Waals surface area contributed by atoms with Gasteiger partial charge in [0, 0.05) is 26.1 Å². The van der Waals surface area contributed by atoms with Gasteiger partial charge in [0.2, 0.25) is 0 Å². The number of nitrogens with zero attached hydrogens (tertiary/aromatic N) is 1. The van der Waals surface area contributed by atoms with E-state index in [0.29, 0.717) is 11.9 Å². The largest absolute Gasteiger partial charge is 0.357 e. The lowest BCUT2D eigenvalue weighted by Crippen LogP contribution is -2.22. The van der Waals surface area contributed by atoms with E-state index in [2.05, 4.69) is 11.5 Å². The molecule has 0 spiro atoms. The lowest BCUT2D eigenvalue weighted by molar-refractivity contribution is 0.277. The maximum Gasteiger partial charge on any atom is 0.357 e. The molecule has 0 aliphatic carbocycles. The van der Waals surface area contributed by atoms with E-state index in [0.717, 1.165) is 13.1 Å². The summed E-state index contributed by atoms with van der Waals surface area (Å²) in [6.07, 6.45) is 2.41. The fourth-order valence-electron chi connectivity index (χ4n) is 1.62. The van der Waals surface area contributed by atoms with Crippen LogP contribution < -0.4 is 0 Å². The van der Waals surface area contributed by atoms with Gasteiger partial charge in [0.05, 0.1) is 0 Å².